The Hall–Kier alpha value is -1.40. The highest BCUT2D eigenvalue weighted by molar-refractivity contribution is 8.00. The van der Waals surface area contributed by atoms with Crippen molar-refractivity contribution >= 4 is 41.1 Å². The van der Waals surface area contributed by atoms with Gasteiger partial charge in [0.15, 0.2) is 0 Å². The van der Waals surface area contributed by atoms with Crippen LogP contribution >= 0.6 is 23.4 Å². The number of carboxylic acids is 1. The van der Waals surface area contributed by atoms with Crippen molar-refractivity contribution in [2.24, 2.45) is 0 Å². The first-order chi connectivity index (χ1) is 10.1. The van der Waals surface area contributed by atoms with E-state index in [1.54, 1.807) is 24.3 Å². The number of carboxylic acid groups (broad SMARTS) is 1. The molecule has 1 fully saturated rings. The minimum atomic E-state index is -1.07. The minimum Gasteiger partial charge on any atom is -0.480 e. The first-order valence-corrected chi connectivity index (χ1v) is 8.13. The third kappa shape index (κ3) is 4.82. The van der Waals surface area contributed by atoms with Crippen molar-refractivity contribution in [2.45, 2.75) is 18.1 Å². The molecule has 1 atom stereocenters. The Morgan fingerprint density at radius 2 is 2.29 bits per heavy atom. The first-order valence-electron chi connectivity index (χ1n) is 6.70. The van der Waals surface area contributed by atoms with Crippen LogP contribution in [0.15, 0.2) is 24.3 Å². The van der Waals surface area contributed by atoms with Crippen LogP contribution in [0.25, 0.3) is 0 Å². The van der Waals surface area contributed by atoms with Gasteiger partial charge >= 0.3 is 12.0 Å². The lowest BCUT2D eigenvalue weighted by molar-refractivity contribution is -0.135. The molecule has 114 valence electrons. The van der Waals surface area contributed by atoms with Gasteiger partial charge in [-0.1, -0.05) is 17.7 Å². The van der Waals surface area contributed by atoms with Crippen molar-refractivity contribution in [3.05, 3.63) is 29.3 Å². The number of hydrogen-bond donors (Lipinski definition) is 2. The van der Waals surface area contributed by atoms with Crippen molar-refractivity contribution in [1.82, 2.24) is 5.32 Å². The summed E-state index contributed by atoms with van der Waals surface area (Å²) in [5, 5.41) is 12.7. The van der Waals surface area contributed by atoms with Gasteiger partial charge in [0.25, 0.3) is 0 Å². The molecule has 2 N–H and O–H groups in total. The van der Waals surface area contributed by atoms with Crippen LogP contribution in [-0.2, 0) is 4.79 Å². The van der Waals surface area contributed by atoms with Crippen LogP contribution in [0.2, 0.25) is 5.02 Å². The Morgan fingerprint density at radius 3 is 2.90 bits per heavy atom. The van der Waals surface area contributed by atoms with Crippen LogP contribution < -0.4 is 10.2 Å². The second-order valence-corrected chi connectivity index (χ2v) is 6.63. The van der Waals surface area contributed by atoms with E-state index in [0.717, 1.165) is 12.2 Å². The zero-order valence-corrected chi connectivity index (χ0v) is 13.0. The quantitative estimate of drug-likeness (QED) is 0.872. The van der Waals surface area contributed by atoms with Gasteiger partial charge in [-0.15, -0.1) is 0 Å². The number of benzene rings is 1. The van der Waals surface area contributed by atoms with E-state index in [0.29, 0.717) is 22.5 Å². The molecule has 1 aromatic carbocycles. The fourth-order valence-corrected chi connectivity index (χ4v) is 3.55. The summed E-state index contributed by atoms with van der Waals surface area (Å²) in [5.41, 5.74) is 0.474. The number of anilines is 1. The molecule has 0 bridgehead atoms. The second-order valence-electron chi connectivity index (χ2n) is 4.78. The first kappa shape index (κ1) is 16.0. The number of rotatable bonds is 5. The van der Waals surface area contributed by atoms with Gasteiger partial charge in [0.1, 0.15) is 6.54 Å². The number of urea groups is 1. The number of halogens is 1. The smallest absolute Gasteiger partial charge is 0.323 e. The van der Waals surface area contributed by atoms with E-state index in [9.17, 15) is 9.59 Å². The zero-order valence-electron chi connectivity index (χ0n) is 11.4. The van der Waals surface area contributed by atoms with Crippen LogP contribution in [0, 0.1) is 0 Å². The number of aliphatic carboxylic acids is 1. The molecule has 1 aromatic rings. The van der Waals surface area contributed by atoms with Crippen molar-refractivity contribution in [1.29, 1.82) is 0 Å². The Morgan fingerprint density at radius 1 is 1.48 bits per heavy atom. The van der Waals surface area contributed by atoms with Crippen LogP contribution in [0.3, 0.4) is 0 Å². The van der Waals surface area contributed by atoms with Crippen LogP contribution in [0.5, 0.6) is 0 Å². The summed E-state index contributed by atoms with van der Waals surface area (Å²) < 4.78 is 0. The van der Waals surface area contributed by atoms with E-state index < -0.39 is 18.5 Å². The summed E-state index contributed by atoms with van der Waals surface area (Å²) >= 11 is 7.74. The van der Waals surface area contributed by atoms with Gasteiger partial charge in [0.2, 0.25) is 0 Å². The number of hydrogen-bond acceptors (Lipinski definition) is 3. The fourth-order valence-electron chi connectivity index (χ4n) is 2.16. The summed E-state index contributed by atoms with van der Waals surface area (Å²) in [7, 11) is 0. The molecule has 1 unspecified atom stereocenters. The largest absolute Gasteiger partial charge is 0.480 e. The zero-order chi connectivity index (χ0) is 15.2. The summed E-state index contributed by atoms with van der Waals surface area (Å²) in [6.45, 7) is 0.157. The lowest BCUT2D eigenvalue weighted by Crippen LogP contribution is -2.44. The number of amides is 2. The average Bonchev–Trinajstić information content (AvgIpc) is 2.95. The molecule has 1 aliphatic rings. The predicted molar refractivity (Wildman–Crippen MR) is 85.3 cm³/mol. The molecule has 1 heterocycles. The molecule has 0 aromatic heterocycles. The van der Waals surface area contributed by atoms with E-state index in [-0.39, 0.29) is 0 Å². The molecule has 0 aliphatic carbocycles. The summed E-state index contributed by atoms with van der Waals surface area (Å²) in [5.74, 6) is 0.0496. The Labute approximate surface area is 132 Å². The molecule has 0 spiro atoms. The summed E-state index contributed by atoms with van der Waals surface area (Å²) in [6.07, 6.45) is 2.25. The van der Waals surface area contributed by atoms with Gasteiger partial charge in [-0.3, -0.25) is 9.69 Å². The molecule has 2 rings (SSSR count). The van der Waals surface area contributed by atoms with Gasteiger partial charge in [-0.25, -0.2) is 4.79 Å². The van der Waals surface area contributed by atoms with Gasteiger partial charge in [0.05, 0.1) is 0 Å². The lowest BCUT2D eigenvalue weighted by Gasteiger charge is -2.22. The number of carbonyl (C=O) groups is 2. The second kappa shape index (κ2) is 7.56. The average molecular weight is 329 g/mol. The molecule has 21 heavy (non-hydrogen) atoms. The normalized spacial score (nSPS) is 17.5. The maximum atomic E-state index is 12.2. The molecule has 5 nitrogen and oxygen atoms in total. The Kier molecular flexibility index (Phi) is 5.76. The summed E-state index contributed by atoms with van der Waals surface area (Å²) in [4.78, 5) is 24.4. The van der Waals surface area contributed by atoms with Crippen LogP contribution in [0.4, 0.5) is 10.5 Å². The number of nitrogens with zero attached hydrogens (tertiary/aromatic N) is 1. The minimum absolute atomic E-state index is 0.399. The van der Waals surface area contributed by atoms with Crippen molar-refractivity contribution in [3.8, 4) is 0 Å². The van der Waals surface area contributed by atoms with Gasteiger partial charge in [-0.2, -0.15) is 11.8 Å². The van der Waals surface area contributed by atoms with Crippen LogP contribution in [0.1, 0.15) is 12.8 Å². The molecule has 1 saturated heterocycles. The molecular formula is C14H17ClN2O3S. The highest BCUT2D eigenvalue weighted by atomic mass is 35.5. The van der Waals surface area contributed by atoms with Gasteiger partial charge in [0, 0.05) is 22.5 Å². The maximum Gasteiger partial charge on any atom is 0.323 e. The SMILES string of the molecule is O=C(O)CN(C(=O)NCC1CCCS1)c1cccc(Cl)c1. The van der Waals surface area contributed by atoms with Gasteiger partial charge in [-0.05, 0) is 36.8 Å². The predicted octanol–water partition coefficient (Wildman–Crippen LogP) is 2.84. The topological polar surface area (TPSA) is 69.6 Å². The fraction of sp³-hybridized carbons (Fsp3) is 0.429. The number of thioether (sulfide) groups is 1. The van der Waals surface area contributed by atoms with Crippen LogP contribution in [-0.4, -0.2) is 41.2 Å². The molecule has 0 saturated carbocycles. The third-order valence-corrected chi connectivity index (χ3v) is 4.80. The van der Waals surface area contributed by atoms with Gasteiger partial charge < -0.3 is 10.4 Å². The standard InChI is InChI=1S/C14H17ClN2O3S/c15-10-3-1-4-11(7-10)17(9-13(18)19)14(20)16-8-12-5-2-6-21-12/h1,3-4,7,12H,2,5-6,8-9H2,(H,16,20)(H,18,19). The summed E-state index contributed by atoms with van der Waals surface area (Å²) in [6, 6.07) is 6.20. The Balaban J connectivity index is 2.03. The molecule has 7 heteroatoms. The maximum absolute atomic E-state index is 12.2. The van der Waals surface area contributed by atoms with E-state index in [1.807, 2.05) is 11.8 Å². The van der Waals surface area contributed by atoms with E-state index in [4.69, 9.17) is 16.7 Å². The number of nitrogens with one attached hydrogen (secondary N) is 1. The van der Waals surface area contributed by atoms with E-state index in [2.05, 4.69) is 5.32 Å². The highest BCUT2D eigenvalue weighted by Crippen LogP contribution is 2.25. The van der Waals surface area contributed by atoms with E-state index in [1.165, 1.54) is 11.3 Å². The third-order valence-electron chi connectivity index (χ3n) is 3.16. The monoisotopic (exact) mass is 328 g/mol. The van der Waals surface area contributed by atoms with Crippen molar-refractivity contribution in [2.75, 3.05) is 23.7 Å². The van der Waals surface area contributed by atoms with Crippen molar-refractivity contribution in [3.63, 3.8) is 0 Å². The highest BCUT2D eigenvalue weighted by Gasteiger charge is 2.21. The number of carbonyl (C=O) groups excluding carboxylic acids is 1. The Bertz CT molecular complexity index is 521. The van der Waals surface area contributed by atoms with E-state index >= 15 is 0 Å². The van der Waals surface area contributed by atoms with Crippen molar-refractivity contribution < 1.29 is 14.7 Å². The molecule has 0 radical (unpaired) electrons. The molecular weight excluding hydrogens is 312 g/mol. The molecule has 1 aliphatic heterocycles. The molecule has 2 amide bonds. The lowest BCUT2D eigenvalue weighted by atomic mass is 10.2.